The Bertz CT molecular complexity index is 461. The highest BCUT2D eigenvalue weighted by Gasteiger charge is 2.46. The van der Waals surface area contributed by atoms with E-state index in [0.717, 1.165) is 6.07 Å². The molecule has 4 heteroatoms. The summed E-state index contributed by atoms with van der Waals surface area (Å²) in [5, 5.41) is 0. The van der Waals surface area contributed by atoms with Crippen LogP contribution in [0.15, 0.2) is 12.1 Å². The molecule has 1 fully saturated rings. The predicted molar refractivity (Wildman–Crippen MR) is 58.1 cm³/mol. The molecule has 17 heavy (non-hydrogen) atoms. The van der Waals surface area contributed by atoms with E-state index in [4.69, 9.17) is 9.47 Å². The van der Waals surface area contributed by atoms with Gasteiger partial charge in [-0.2, -0.15) is 0 Å². The standard InChI is InChI=1S/C13H14F2O2/c1-13-4-5-16-6-8(13)7-17-12-10(15)3-2-9(14)11(12)13/h2-3,8H,4-7H2,1H3/t8?,13-/m1/s1. The minimum atomic E-state index is -0.479. The lowest BCUT2D eigenvalue weighted by atomic mass is 9.67. The second-order valence-corrected chi connectivity index (χ2v) is 4.98. The minimum Gasteiger partial charge on any atom is -0.490 e. The molecule has 2 aliphatic heterocycles. The molecule has 0 aliphatic carbocycles. The van der Waals surface area contributed by atoms with Crippen LogP contribution in [0.1, 0.15) is 18.9 Å². The zero-order valence-corrected chi connectivity index (χ0v) is 9.63. The van der Waals surface area contributed by atoms with Crippen LogP contribution in [0.25, 0.3) is 0 Å². The molecule has 1 aromatic rings. The molecule has 2 nitrogen and oxygen atoms in total. The fourth-order valence-corrected chi connectivity index (χ4v) is 2.85. The van der Waals surface area contributed by atoms with E-state index in [1.807, 2.05) is 6.92 Å². The van der Waals surface area contributed by atoms with E-state index in [1.165, 1.54) is 6.07 Å². The van der Waals surface area contributed by atoms with E-state index in [1.54, 1.807) is 0 Å². The molecule has 1 aromatic carbocycles. The minimum absolute atomic E-state index is 0.0886. The molecule has 1 unspecified atom stereocenters. The summed E-state index contributed by atoms with van der Waals surface area (Å²) >= 11 is 0. The molecule has 0 radical (unpaired) electrons. The van der Waals surface area contributed by atoms with Crippen molar-refractivity contribution in [3.63, 3.8) is 0 Å². The van der Waals surface area contributed by atoms with Crippen molar-refractivity contribution in [1.82, 2.24) is 0 Å². The number of hydrogen-bond donors (Lipinski definition) is 0. The van der Waals surface area contributed by atoms with Crippen LogP contribution in [-0.2, 0) is 10.2 Å². The van der Waals surface area contributed by atoms with Gasteiger partial charge in [0.05, 0.1) is 13.2 Å². The molecule has 2 aliphatic rings. The van der Waals surface area contributed by atoms with Gasteiger partial charge in [-0.3, -0.25) is 0 Å². The third-order valence-corrected chi connectivity index (χ3v) is 4.04. The van der Waals surface area contributed by atoms with Gasteiger partial charge in [0.25, 0.3) is 0 Å². The van der Waals surface area contributed by atoms with Crippen LogP contribution in [0, 0.1) is 17.6 Å². The SMILES string of the molecule is C[C@@]12CCOCC1COc1c(F)ccc(F)c12. The Balaban J connectivity index is 2.19. The molecular formula is C13H14F2O2. The van der Waals surface area contributed by atoms with Gasteiger partial charge >= 0.3 is 0 Å². The summed E-state index contributed by atoms with van der Waals surface area (Å²) in [7, 11) is 0. The zero-order chi connectivity index (χ0) is 12.0. The zero-order valence-electron chi connectivity index (χ0n) is 9.63. The van der Waals surface area contributed by atoms with Crippen molar-refractivity contribution in [3.05, 3.63) is 29.3 Å². The Morgan fingerprint density at radius 3 is 2.82 bits per heavy atom. The maximum atomic E-state index is 14.0. The molecule has 3 rings (SSSR count). The van der Waals surface area contributed by atoms with Gasteiger partial charge in [0, 0.05) is 23.5 Å². The molecule has 0 aromatic heterocycles. The number of fused-ring (bicyclic) bond motifs is 3. The maximum absolute atomic E-state index is 14.0. The Morgan fingerprint density at radius 1 is 1.24 bits per heavy atom. The maximum Gasteiger partial charge on any atom is 0.165 e. The lowest BCUT2D eigenvalue weighted by Gasteiger charge is -2.45. The second-order valence-electron chi connectivity index (χ2n) is 4.98. The van der Waals surface area contributed by atoms with E-state index < -0.39 is 5.82 Å². The Labute approximate surface area is 98.5 Å². The van der Waals surface area contributed by atoms with E-state index >= 15 is 0 Å². The quantitative estimate of drug-likeness (QED) is 0.694. The van der Waals surface area contributed by atoms with Gasteiger partial charge in [0.15, 0.2) is 11.6 Å². The van der Waals surface area contributed by atoms with Crippen LogP contribution in [-0.4, -0.2) is 19.8 Å². The lowest BCUT2D eigenvalue weighted by molar-refractivity contribution is -0.0285. The van der Waals surface area contributed by atoms with Crippen molar-refractivity contribution in [2.24, 2.45) is 5.92 Å². The first kappa shape index (κ1) is 11.0. The summed E-state index contributed by atoms with van der Waals surface area (Å²) in [6.07, 6.45) is 0.703. The molecule has 0 spiro atoms. The highest BCUT2D eigenvalue weighted by Crippen LogP contribution is 2.48. The van der Waals surface area contributed by atoms with Gasteiger partial charge in [-0.15, -0.1) is 0 Å². The number of benzene rings is 1. The Kier molecular flexibility index (Phi) is 2.36. The van der Waals surface area contributed by atoms with Crippen molar-refractivity contribution >= 4 is 0 Å². The summed E-state index contributed by atoms with van der Waals surface area (Å²) in [5.74, 6) is -0.672. The van der Waals surface area contributed by atoms with E-state index in [0.29, 0.717) is 31.8 Å². The average molecular weight is 240 g/mol. The fraction of sp³-hybridized carbons (Fsp3) is 0.538. The Hall–Kier alpha value is -1.16. The monoisotopic (exact) mass is 240 g/mol. The summed E-state index contributed by atoms with van der Waals surface area (Å²) in [4.78, 5) is 0. The van der Waals surface area contributed by atoms with Gasteiger partial charge in [-0.05, 0) is 18.6 Å². The normalized spacial score (nSPS) is 31.4. The number of ether oxygens (including phenoxy) is 2. The van der Waals surface area contributed by atoms with Crippen LogP contribution in [0.3, 0.4) is 0 Å². The van der Waals surface area contributed by atoms with Crippen molar-refractivity contribution in [2.75, 3.05) is 19.8 Å². The lowest BCUT2D eigenvalue weighted by Crippen LogP contribution is -2.47. The summed E-state index contributed by atoms with van der Waals surface area (Å²) < 4.78 is 38.4. The smallest absolute Gasteiger partial charge is 0.165 e. The van der Waals surface area contributed by atoms with Crippen LogP contribution >= 0.6 is 0 Å². The Morgan fingerprint density at radius 2 is 2.00 bits per heavy atom. The highest BCUT2D eigenvalue weighted by molar-refractivity contribution is 5.44. The van der Waals surface area contributed by atoms with Crippen LogP contribution < -0.4 is 4.74 Å². The molecule has 0 bridgehead atoms. The van der Waals surface area contributed by atoms with Crippen molar-refractivity contribution in [3.8, 4) is 5.75 Å². The molecule has 1 saturated heterocycles. The second kappa shape index (κ2) is 3.67. The summed E-state index contributed by atoms with van der Waals surface area (Å²) in [6, 6.07) is 2.30. The molecule has 2 heterocycles. The van der Waals surface area contributed by atoms with Crippen LogP contribution in [0.2, 0.25) is 0 Å². The molecule has 92 valence electrons. The summed E-state index contributed by atoms with van der Waals surface area (Å²) in [6.45, 7) is 3.50. The number of hydrogen-bond acceptors (Lipinski definition) is 2. The van der Waals surface area contributed by atoms with E-state index in [-0.39, 0.29) is 22.9 Å². The first-order valence-corrected chi connectivity index (χ1v) is 5.82. The third kappa shape index (κ3) is 1.47. The molecular weight excluding hydrogens is 226 g/mol. The first-order valence-electron chi connectivity index (χ1n) is 5.82. The van der Waals surface area contributed by atoms with Crippen molar-refractivity contribution in [1.29, 1.82) is 0 Å². The predicted octanol–water partition coefficient (Wildman–Crippen LogP) is 2.65. The van der Waals surface area contributed by atoms with Crippen molar-refractivity contribution < 1.29 is 18.3 Å². The topological polar surface area (TPSA) is 18.5 Å². The highest BCUT2D eigenvalue weighted by atomic mass is 19.1. The fourth-order valence-electron chi connectivity index (χ4n) is 2.85. The van der Waals surface area contributed by atoms with Gasteiger partial charge in [-0.25, -0.2) is 8.78 Å². The van der Waals surface area contributed by atoms with Gasteiger partial charge < -0.3 is 9.47 Å². The van der Waals surface area contributed by atoms with E-state index in [2.05, 4.69) is 0 Å². The van der Waals surface area contributed by atoms with E-state index in [9.17, 15) is 8.78 Å². The molecule has 0 saturated carbocycles. The van der Waals surface area contributed by atoms with Gasteiger partial charge in [-0.1, -0.05) is 6.92 Å². The summed E-state index contributed by atoms with van der Waals surface area (Å²) in [5.41, 5.74) is 0.00919. The van der Waals surface area contributed by atoms with Gasteiger partial charge in [0.1, 0.15) is 5.82 Å². The van der Waals surface area contributed by atoms with Crippen LogP contribution in [0.4, 0.5) is 8.78 Å². The molecule has 0 N–H and O–H groups in total. The first-order chi connectivity index (χ1) is 8.13. The van der Waals surface area contributed by atoms with Crippen molar-refractivity contribution in [2.45, 2.75) is 18.8 Å². The largest absolute Gasteiger partial charge is 0.490 e. The molecule has 2 atom stereocenters. The van der Waals surface area contributed by atoms with Gasteiger partial charge in [0.2, 0.25) is 0 Å². The number of rotatable bonds is 0. The average Bonchev–Trinajstić information content (AvgIpc) is 2.32. The third-order valence-electron chi connectivity index (χ3n) is 4.04. The van der Waals surface area contributed by atoms with Crippen LogP contribution in [0.5, 0.6) is 5.75 Å². The molecule has 0 amide bonds. The number of halogens is 2.